The molecule has 0 spiro atoms. The minimum Gasteiger partial charge on any atom is -0.369 e. The Morgan fingerprint density at radius 2 is 1.57 bits per heavy atom. The van der Waals surface area contributed by atoms with Gasteiger partial charge in [0.1, 0.15) is 0 Å². The maximum absolute atomic E-state index is 5.89. The van der Waals surface area contributed by atoms with Gasteiger partial charge < -0.3 is 11.5 Å². The SMILES string of the molecule is NC(N)=N/N=C(\C=C\c1ccccc1)c1ccc(Cl)cc1. The van der Waals surface area contributed by atoms with Crippen LogP contribution in [0.1, 0.15) is 11.1 Å². The third kappa shape index (κ3) is 4.78. The van der Waals surface area contributed by atoms with E-state index in [1.54, 1.807) is 12.1 Å². The summed E-state index contributed by atoms with van der Waals surface area (Å²) in [5.74, 6) is -0.0884. The van der Waals surface area contributed by atoms with E-state index in [9.17, 15) is 0 Å². The van der Waals surface area contributed by atoms with Crippen molar-refractivity contribution in [2.45, 2.75) is 0 Å². The van der Waals surface area contributed by atoms with Gasteiger partial charge in [0, 0.05) is 10.6 Å². The summed E-state index contributed by atoms with van der Waals surface area (Å²) in [7, 11) is 0. The van der Waals surface area contributed by atoms with Crippen molar-refractivity contribution in [2.24, 2.45) is 21.7 Å². The lowest BCUT2D eigenvalue weighted by Gasteiger charge is -2.01. The molecule has 0 heterocycles. The molecule has 21 heavy (non-hydrogen) atoms. The molecule has 0 aliphatic heterocycles. The first-order valence-electron chi connectivity index (χ1n) is 6.31. The molecule has 0 atom stereocenters. The van der Waals surface area contributed by atoms with Gasteiger partial charge in [0.15, 0.2) is 0 Å². The van der Waals surface area contributed by atoms with E-state index in [4.69, 9.17) is 23.1 Å². The van der Waals surface area contributed by atoms with E-state index < -0.39 is 0 Å². The summed E-state index contributed by atoms with van der Waals surface area (Å²) >= 11 is 5.89. The van der Waals surface area contributed by atoms with E-state index in [1.165, 1.54) is 0 Å². The number of allylic oxidation sites excluding steroid dienone is 1. The van der Waals surface area contributed by atoms with Crippen molar-refractivity contribution in [1.29, 1.82) is 0 Å². The smallest absolute Gasteiger partial charge is 0.211 e. The highest BCUT2D eigenvalue weighted by Crippen LogP contribution is 2.12. The van der Waals surface area contributed by atoms with Crippen LogP contribution in [0.3, 0.4) is 0 Å². The quantitative estimate of drug-likeness (QED) is 0.517. The van der Waals surface area contributed by atoms with E-state index in [0.29, 0.717) is 10.7 Å². The van der Waals surface area contributed by atoms with Crippen molar-refractivity contribution in [3.8, 4) is 0 Å². The summed E-state index contributed by atoms with van der Waals surface area (Å²) in [4.78, 5) is 0. The van der Waals surface area contributed by atoms with Crippen LogP contribution < -0.4 is 11.5 Å². The van der Waals surface area contributed by atoms with Gasteiger partial charge in [-0.2, -0.15) is 0 Å². The molecule has 2 aromatic rings. The van der Waals surface area contributed by atoms with Crippen LogP contribution in [0.25, 0.3) is 6.08 Å². The number of hydrogen-bond acceptors (Lipinski definition) is 2. The monoisotopic (exact) mass is 298 g/mol. The highest BCUT2D eigenvalue weighted by atomic mass is 35.5. The van der Waals surface area contributed by atoms with Crippen molar-refractivity contribution in [2.75, 3.05) is 0 Å². The maximum Gasteiger partial charge on any atom is 0.211 e. The first-order chi connectivity index (χ1) is 10.1. The van der Waals surface area contributed by atoms with Crippen LogP contribution in [-0.2, 0) is 0 Å². The molecule has 0 saturated heterocycles. The molecule has 4 N–H and O–H groups in total. The molecular weight excluding hydrogens is 284 g/mol. The van der Waals surface area contributed by atoms with Gasteiger partial charge in [0.05, 0.1) is 5.71 Å². The summed E-state index contributed by atoms with van der Waals surface area (Å²) in [5, 5.41) is 8.43. The Bertz CT molecular complexity index is 669. The molecule has 5 heteroatoms. The topological polar surface area (TPSA) is 76.8 Å². The summed E-state index contributed by atoms with van der Waals surface area (Å²) in [6.07, 6.45) is 3.79. The molecule has 4 nitrogen and oxygen atoms in total. The Hall–Kier alpha value is -2.59. The van der Waals surface area contributed by atoms with E-state index in [0.717, 1.165) is 11.1 Å². The van der Waals surface area contributed by atoms with Crippen LogP contribution in [0.5, 0.6) is 0 Å². The second kappa shape index (κ2) is 7.26. The van der Waals surface area contributed by atoms with Gasteiger partial charge in [-0.1, -0.05) is 60.1 Å². The Morgan fingerprint density at radius 1 is 0.905 bits per heavy atom. The van der Waals surface area contributed by atoms with E-state index in [-0.39, 0.29) is 5.96 Å². The number of rotatable bonds is 4. The minimum absolute atomic E-state index is 0.0884. The molecule has 2 aromatic carbocycles. The first-order valence-corrected chi connectivity index (χ1v) is 6.68. The predicted molar refractivity (Wildman–Crippen MR) is 89.3 cm³/mol. The normalized spacial score (nSPS) is 11.6. The Kier molecular flexibility index (Phi) is 5.12. The average molecular weight is 299 g/mol. The van der Waals surface area contributed by atoms with Crippen LogP contribution in [0.15, 0.2) is 70.9 Å². The standard InChI is InChI=1S/C16H15ClN4/c17-14-9-7-13(8-10-14)15(20-21-16(18)19)11-6-12-4-2-1-3-5-12/h1-11H,(H4,18,19,21)/b11-6+,20-15+. The zero-order valence-electron chi connectivity index (χ0n) is 11.3. The van der Waals surface area contributed by atoms with E-state index >= 15 is 0 Å². The van der Waals surface area contributed by atoms with E-state index in [1.807, 2.05) is 54.6 Å². The zero-order valence-corrected chi connectivity index (χ0v) is 12.0. The molecule has 0 amide bonds. The largest absolute Gasteiger partial charge is 0.369 e. The molecule has 0 fully saturated rings. The van der Waals surface area contributed by atoms with Crippen LogP contribution >= 0.6 is 11.6 Å². The van der Waals surface area contributed by atoms with Crippen molar-refractivity contribution < 1.29 is 0 Å². The maximum atomic E-state index is 5.89. The zero-order chi connectivity index (χ0) is 15.1. The lowest BCUT2D eigenvalue weighted by molar-refractivity contribution is 1.20. The van der Waals surface area contributed by atoms with Crippen LogP contribution in [0.4, 0.5) is 0 Å². The number of guanidine groups is 1. The number of halogens is 1. The van der Waals surface area contributed by atoms with Crippen molar-refractivity contribution in [3.05, 3.63) is 76.8 Å². The van der Waals surface area contributed by atoms with Crippen LogP contribution in [0, 0.1) is 0 Å². The lowest BCUT2D eigenvalue weighted by Crippen LogP contribution is -2.22. The summed E-state index contributed by atoms with van der Waals surface area (Å²) in [6, 6.07) is 17.2. The van der Waals surface area contributed by atoms with Gasteiger partial charge in [0.25, 0.3) is 0 Å². The number of benzene rings is 2. The van der Waals surface area contributed by atoms with Crippen LogP contribution in [0.2, 0.25) is 5.02 Å². The van der Waals surface area contributed by atoms with Crippen molar-refractivity contribution in [1.82, 2.24) is 0 Å². The molecule has 0 aliphatic carbocycles. The highest BCUT2D eigenvalue weighted by molar-refractivity contribution is 6.30. The molecular formula is C16H15ClN4. The minimum atomic E-state index is -0.0884. The van der Waals surface area contributed by atoms with Crippen molar-refractivity contribution >= 4 is 29.3 Å². The number of hydrogen-bond donors (Lipinski definition) is 2. The average Bonchev–Trinajstić information content (AvgIpc) is 2.49. The van der Waals surface area contributed by atoms with Gasteiger partial charge in [-0.25, -0.2) is 0 Å². The second-order valence-electron chi connectivity index (χ2n) is 4.26. The van der Waals surface area contributed by atoms with Gasteiger partial charge >= 0.3 is 0 Å². The summed E-state index contributed by atoms with van der Waals surface area (Å²) in [5.41, 5.74) is 13.2. The molecule has 2 rings (SSSR count). The summed E-state index contributed by atoms with van der Waals surface area (Å²) < 4.78 is 0. The van der Waals surface area contributed by atoms with Gasteiger partial charge in [-0.3, -0.25) is 0 Å². The van der Waals surface area contributed by atoms with Gasteiger partial charge in [-0.05, 0) is 23.8 Å². The lowest BCUT2D eigenvalue weighted by atomic mass is 10.1. The third-order valence-electron chi connectivity index (χ3n) is 2.65. The Labute approximate surface area is 128 Å². The predicted octanol–water partition coefficient (Wildman–Crippen LogP) is 3.03. The second-order valence-corrected chi connectivity index (χ2v) is 4.70. The molecule has 0 aliphatic rings. The number of nitrogens with zero attached hydrogens (tertiary/aromatic N) is 2. The van der Waals surface area contributed by atoms with Crippen LogP contribution in [-0.4, -0.2) is 11.7 Å². The fraction of sp³-hybridized carbons (Fsp3) is 0. The summed E-state index contributed by atoms with van der Waals surface area (Å²) in [6.45, 7) is 0. The molecule has 0 radical (unpaired) electrons. The van der Waals surface area contributed by atoms with Gasteiger partial charge in [-0.15, -0.1) is 10.2 Å². The Morgan fingerprint density at radius 3 is 2.19 bits per heavy atom. The first kappa shape index (κ1) is 14.8. The highest BCUT2D eigenvalue weighted by Gasteiger charge is 2.00. The van der Waals surface area contributed by atoms with Gasteiger partial charge in [0.2, 0.25) is 5.96 Å². The molecule has 106 valence electrons. The number of nitrogens with two attached hydrogens (primary N) is 2. The fourth-order valence-electron chi connectivity index (χ4n) is 1.66. The van der Waals surface area contributed by atoms with E-state index in [2.05, 4.69) is 10.2 Å². The third-order valence-corrected chi connectivity index (χ3v) is 2.90. The fourth-order valence-corrected chi connectivity index (χ4v) is 1.78. The molecule has 0 saturated carbocycles. The Balaban J connectivity index is 2.33. The molecule has 0 unspecified atom stereocenters. The van der Waals surface area contributed by atoms with Crippen molar-refractivity contribution in [3.63, 3.8) is 0 Å². The molecule has 0 bridgehead atoms. The molecule has 0 aromatic heterocycles.